The quantitative estimate of drug-likeness (QED) is 0.598. The van der Waals surface area contributed by atoms with Gasteiger partial charge in [-0.1, -0.05) is 11.3 Å². The molecule has 0 unspecified atom stereocenters. The van der Waals surface area contributed by atoms with E-state index < -0.39 is 16.1 Å². The van der Waals surface area contributed by atoms with Gasteiger partial charge in [0.15, 0.2) is 6.10 Å². The van der Waals surface area contributed by atoms with Gasteiger partial charge in [-0.15, -0.1) is 0 Å². The maximum atomic E-state index is 12.5. The minimum absolute atomic E-state index is 0.0300. The van der Waals surface area contributed by atoms with Crippen LogP contribution in [-0.2, 0) is 21.4 Å². The molecule has 0 bridgehead atoms. The Kier molecular flexibility index (Phi) is 6.18. The molecule has 3 aromatic rings. The first kappa shape index (κ1) is 21.8. The number of aromatic nitrogens is 1. The Morgan fingerprint density at radius 1 is 1.23 bits per heavy atom. The number of carbonyl (C=O) groups excluding carboxylic acids is 1. The highest BCUT2D eigenvalue weighted by Gasteiger charge is 2.17. The van der Waals surface area contributed by atoms with Crippen LogP contribution < -0.4 is 19.2 Å². The molecule has 2 aromatic carbocycles. The normalized spacial score (nSPS) is 12.5. The Hall–Kier alpha value is -2.85. The number of amides is 1. The summed E-state index contributed by atoms with van der Waals surface area (Å²) in [6, 6.07) is 11.8. The molecule has 0 aliphatic carbocycles. The zero-order valence-corrected chi connectivity index (χ0v) is 18.7. The Bertz CT molecular complexity index is 1230. The first-order valence-corrected chi connectivity index (χ1v) is 11.9. The number of nitrogens with one attached hydrogen (secondary N) is 1. The van der Waals surface area contributed by atoms with Crippen LogP contribution in [-0.4, -0.2) is 38.3 Å². The molecule has 1 amide bonds. The second-order valence-corrected chi connectivity index (χ2v) is 9.78. The molecular formula is C20H23N3O5S2. The van der Waals surface area contributed by atoms with Crippen molar-refractivity contribution in [2.75, 3.05) is 22.9 Å². The van der Waals surface area contributed by atoms with E-state index in [0.29, 0.717) is 23.7 Å². The molecule has 1 aromatic heterocycles. The fourth-order valence-electron chi connectivity index (χ4n) is 2.87. The Morgan fingerprint density at radius 3 is 2.50 bits per heavy atom. The molecular weight excluding hydrogens is 426 g/mol. The minimum Gasteiger partial charge on any atom is -0.481 e. The van der Waals surface area contributed by atoms with Gasteiger partial charge in [-0.05, 0) is 56.3 Å². The van der Waals surface area contributed by atoms with Crippen molar-refractivity contribution in [1.82, 2.24) is 4.57 Å². The number of carbonyl (C=O) groups is 1. The van der Waals surface area contributed by atoms with E-state index in [1.165, 1.54) is 7.05 Å². The maximum Gasteiger partial charge on any atom is 0.308 e. The van der Waals surface area contributed by atoms with E-state index in [1.54, 1.807) is 47.9 Å². The van der Waals surface area contributed by atoms with Gasteiger partial charge in [0.1, 0.15) is 5.75 Å². The summed E-state index contributed by atoms with van der Waals surface area (Å²) in [5.74, 6) is 0.103. The molecule has 160 valence electrons. The predicted molar refractivity (Wildman–Crippen MR) is 120 cm³/mol. The van der Waals surface area contributed by atoms with Crippen LogP contribution >= 0.6 is 11.3 Å². The standard InChI is InChI=1S/C20H23N3O5S2/c1-5-23-17-11-6-14(12-18(17)29-20(23)25)21-19(24)13(2)28-16-9-7-15(8-10-16)22(3)30(4,26)27/h6-13H,5H2,1-4H3,(H,21,24)/t13-/m1/s1. The summed E-state index contributed by atoms with van der Waals surface area (Å²) in [7, 11) is -1.89. The predicted octanol–water partition coefficient (Wildman–Crippen LogP) is 2.88. The van der Waals surface area contributed by atoms with Gasteiger partial charge in [0.2, 0.25) is 10.0 Å². The molecule has 0 saturated carbocycles. The van der Waals surface area contributed by atoms with E-state index in [2.05, 4.69) is 5.32 Å². The molecule has 0 spiro atoms. The van der Waals surface area contributed by atoms with Crippen LogP contribution in [0.4, 0.5) is 11.4 Å². The van der Waals surface area contributed by atoms with Crippen molar-refractivity contribution in [2.45, 2.75) is 26.5 Å². The number of benzene rings is 2. The number of sulfonamides is 1. The van der Waals surface area contributed by atoms with Gasteiger partial charge in [-0.25, -0.2) is 8.42 Å². The highest BCUT2D eigenvalue weighted by Crippen LogP contribution is 2.23. The number of nitrogens with zero attached hydrogens (tertiary/aromatic N) is 2. The van der Waals surface area contributed by atoms with E-state index >= 15 is 0 Å². The third-order valence-corrected chi connectivity index (χ3v) is 6.78. The fourth-order valence-corrected chi connectivity index (χ4v) is 4.37. The largest absolute Gasteiger partial charge is 0.481 e. The number of anilines is 2. The zero-order valence-electron chi connectivity index (χ0n) is 17.1. The first-order chi connectivity index (χ1) is 14.1. The summed E-state index contributed by atoms with van der Waals surface area (Å²) >= 11 is 1.14. The van der Waals surface area contributed by atoms with E-state index in [9.17, 15) is 18.0 Å². The Labute approximate surface area is 178 Å². The smallest absolute Gasteiger partial charge is 0.308 e. The lowest BCUT2D eigenvalue weighted by Gasteiger charge is -2.18. The number of hydrogen-bond donors (Lipinski definition) is 1. The average Bonchev–Trinajstić information content (AvgIpc) is 3.01. The second kappa shape index (κ2) is 8.49. The van der Waals surface area contributed by atoms with E-state index in [1.807, 2.05) is 13.0 Å². The van der Waals surface area contributed by atoms with Crippen molar-refractivity contribution in [1.29, 1.82) is 0 Å². The summed E-state index contributed by atoms with van der Waals surface area (Å²) in [4.78, 5) is 24.4. The van der Waals surface area contributed by atoms with Crippen LogP contribution in [0, 0.1) is 0 Å². The third kappa shape index (κ3) is 4.65. The van der Waals surface area contributed by atoms with E-state index in [4.69, 9.17) is 4.74 Å². The molecule has 1 N–H and O–H groups in total. The number of hydrogen-bond acceptors (Lipinski definition) is 6. The molecule has 0 aliphatic rings. The lowest BCUT2D eigenvalue weighted by molar-refractivity contribution is -0.122. The molecule has 30 heavy (non-hydrogen) atoms. The van der Waals surface area contributed by atoms with Crippen molar-refractivity contribution in [3.05, 3.63) is 52.1 Å². The molecule has 10 heteroatoms. The SMILES string of the molecule is CCn1c(=O)sc2cc(NC(=O)[C@@H](C)Oc3ccc(N(C)S(C)(=O)=O)cc3)ccc21. The molecule has 0 fully saturated rings. The monoisotopic (exact) mass is 449 g/mol. The molecule has 0 aliphatic heterocycles. The Morgan fingerprint density at radius 2 is 1.90 bits per heavy atom. The molecule has 0 radical (unpaired) electrons. The summed E-state index contributed by atoms with van der Waals surface area (Å²) in [5, 5.41) is 2.79. The van der Waals surface area contributed by atoms with Crippen LogP contribution in [0.1, 0.15) is 13.8 Å². The zero-order chi connectivity index (χ0) is 22.1. The molecule has 0 saturated heterocycles. The van der Waals surface area contributed by atoms with Gasteiger partial charge in [0, 0.05) is 19.3 Å². The maximum absolute atomic E-state index is 12.5. The second-order valence-electron chi connectivity index (χ2n) is 6.77. The highest BCUT2D eigenvalue weighted by atomic mass is 32.2. The number of rotatable bonds is 7. The van der Waals surface area contributed by atoms with Crippen molar-refractivity contribution in [3.63, 3.8) is 0 Å². The van der Waals surface area contributed by atoms with E-state index in [0.717, 1.165) is 32.1 Å². The number of aryl methyl sites for hydroxylation is 1. The van der Waals surface area contributed by atoms with Crippen LogP contribution in [0.2, 0.25) is 0 Å². The van der Waals surface area contributed by atoms with E-state index in [-0.39, 0.29) is 10.8 Å². The number of ether oxygens (including phenoxy) is 1. The molecule has 3 rings (SSSR count). The van der Waals surface area contributed by atoms with Gasteiger partial charge in [0.05, 0.1) is 22.2 Å². The topological polar surface area (TPSA) is 97.7 Å². The first-order valence-electron chi connectivity index (χ1n) is 9.25. The number of fused-ring (bicyclic) bond motifs is 1. The Balaban J connectivity index is 1.67. The van der Waals surface area contributed by atoms with Gasteiger partial charge < -0.3 is 10.1 Å². The van der Waals surface area contributed by atoms with Crippen molar-refractivity contribution < 1.29 is 17.9 Å². The third-order valence-electron chi connectivity index (χ3n) is 4.63. The summed E-state index contributed by atoms with van der Waals surface area (Å²) in [6.45, 7) is 4.12. The van der Waals surface area contributed by atoms with Crippen LogP contribution in [0.5, 0.6) is 5.75 Å². The van der Waals surface area contributed by atoms with Crippen LogP contribution in [0.25, 0.3) is 10.2 Å². The highest BCUT2D eigenvalue weighted by molar-refractivity contribution is 7.92. The van der Waals surface area contributed by atoms with Gasteiger partial charge in [0.25, 0.3) is 5.91 Å². The lowest BCUT2D eigenvalue weighted by atomic mass is 10.2. The molecule has 1 atom stereocenters. The average molecular weight is 450 g/mol. The van der Waals surface area contributed by atoms with Crippen LogP contribution in [0.3, 0.4) is 0 Å². The van der Waals surface area contributed by atoms with Crippen LogP contribution in [0.15, 0.2) is 47.3 Å². The summed E-state index contributed by atoms with van der Waals surface area (Å²) in [6.07, 6.45) is 0.343. The fraction of sp³-hybridized carbons (Fsp3) is 0.300. The van der Waals surface area contributed by atoms with Crippen molar-refractivity contribution in [3.8, 4) is 5.75 Å². The number of thiazole rings is 1. The van der Waals surface area contributed by atoms with Crippen molar-refractivity contribution in [2.24, 2.45) is 0 Å². The van der Waals surface area contributed by atoms with Crippen molar-refractivity contribution >= 4 is 48.9 Å². The summed E-state index contributed by atoms with van der Waals surface area (Å²) in [5.41, 5.74) is 1.92. The van der Waals surface area contributed by atoms with Gasteiger partial charge in [-0.3, -0.25) is 18.5 Å². The molecule has 8 nitrogen and oxygen atoms in total. The molecule has 1 heterocycles. The summed E-state index contributed by atoms with van der Waals surface area (Å²) < 4.78 is 32.5. The van der Waals surface area contributed by atoms with Gasteiger partial charge in [-0.2, -0.15) is 0 Å². The van der Waals surface area contributed by atoms with Gasteiger partial charge >= 0.3 is 4.87 Å². The minimum atomic E-state index is -3.35. The lowest BCUT2D eigenvalue weighted by Crippen LogP contribution is -2.30.